The van der Waals surface area contributed by atoms with Gasteiger partial charge in [-0.2, -0.15) is 15.0 Å². The third-order valence-electron chi connectivity index (χ3n) is 2.27. The monoisotopic (exact) mass is 247 g/mol. The first kappa shape index (κ1) is 12.2. The van der Waals surface area contributed by atoms with Gasteiger partial charge < -0.3 is 20.1 Å². The van der Waals surface area contributed by atoms with E-state index in [9.17, 15) is 0 Å². The van der Waals surface area contributed by atoms with Gasteiger partial charge in [-0.25, -0.2) is 0 Å². The lowest BCUT2D eigenvalue weighted by atomic mass is 10.5. The fourth-order valence-electron chi connectivity index (χ4n) is 1.34. The summed E-state index contributed by atoms with van der Waals surface area (Å²) < 4.78 is 0. The molecule has 0 radical (unpaired) electrons. The lowest BCUT2D eigenvalue weighted by molar-refractivity contribution is 0.920. The lowest BCUT2D eigenvalue weighted by Crippen LogP contribution is -2.19. The summed E-state index contributed by atoms with van der Waals surface area (Å²) in [5.74, 6) is 1.76. The van der Waals surface area contributed by atoms with Gasteiger partial charge in [0, 0.05) is 40.6 Å². The van der Waals surface area contributed by atoms with E-state index in [0.29, 0.717) is 17.8 Å². The first-order valence-electron chi connectivity index (χ1n) is 5.57. The van der Waals surface area contributed by atoms with E-state index in [4.69, 9.17) is 0 Å². The van der Waals surface area contributed by atoms with Crippen molar-refractivity contribution in [3.05, 3.63) is 18.5 Å². The molecule has 2 aromatic rings. The Morgan fingerprint density at radius 3 is 2.06 bits per heavy atom. The number of anilines is 4. The van der Waals surface area contributed by atoms with E-state index in [1.807, 2.05) is 56.5 Å². The molecule has 0 aromatic carbocycles. The summed E-state index contributed by atoms with van der Waals surface area (Å²) in [4.78, 5) is 19.7. The molecule has 7 heteroatoms. The van der Waals surface area contributed by atoms with Crippen LogP contribution in [-0.2, 0) is 0 Å². The molecule has 0 aliphatic heterocycles. The van der Waals surface area contributed by atoms with Crippen LogP contribution in [-0.4, -0.2) is 48.1 Å². The third-order valence-corrected chi connectivity index (χ3v) is 2.27. The molecule has 0 amide bonds. The van der Waals surface area contributed by atoms with Crippen LogP contribution in [0.4, 0.5) is 23.5 Å². The Bertz CT molecular complexity index is 478. The van der Waals surface area contributed by atoms with Crippen molar-refractivity contribution in [1.82, 2.24) is 19.9 Å². The second-order valence-electron chi connectivity index (χ2n) is 4.27. The largest absolute Gasteiger partial charge is 0.366 e. The van der Waals surface area contributed by atoms with Gasteiger partial charge in [0.25, 0.3) is 0 Å². The Morgan fingerprint density at radius 2 is 1.61 bits per heavy atom. The molecule has 0 fully saturated rings. The summed E-state index contributed by atoms with van der Waals surface area (Å²) >= 11 is 0. The van der Waals surface area contributed by atoms with Crippen molar-refractivity contribution in [3.63, 3.8) is 0 Å². The van der Waals surface area contributed by atoms with Crippen LogP contribution in [0.3, 0.4) is 0 Å². The summed E-state index contributed by atoms with van der Waals surface area (Å²) in [7, 11) is 7.59. The van der Waals surface area contributed by atoms with Gasteiger partial charge in [-0.1, -0.05) is 0 Å². The Morgan fingerprint density at radius 1 is 1.00 bits per heavy atom. The minimum absolute atomic E-state index is 0.525. The standard InChI is InChI=1S/C11H17N7/c1-17(2)10-14-9(13-8-5-6-12-7-8)15-11(16-10)18(3)4/h5-7,12H,1-4H3,(H,13,14,15,16). The molecule has 0 bridgehead atoms. The van der Waals surface area contributed by atoms with Crippen LogP contribution in [0, 0.1) is 0 Å². The quantitative estimate of drug-likeness (QED) is 0.842. The van der Waals surface area contributed by atoms with E-state index in [0.717, 1.165) is 5.69 Å². The average Bonchev–Trinajstić information content (AvgIpc) is 2.81. The minimum Gasteiger partial charge on any atom is -0.366 e. The van der Waals surface area contributed by atoms with Crippen LogP contribution < -0.4 is 15.1 Å². The molecule has 0 saturated carbocycles. The zero-order valence-electron chi connectivity index (χ0n) is 11.0. The topological polar surface area (TPSA) is 73.0 Å². The Kier molecular flexibility index (Phi) is 3.31. The molecular formula is C11H17N7. The van der Waals surface area contributed by atoms with E-state index in [-0.39, 0.29) is 0 Å². The fourth-order valence-corrected chi connectivity index (χ4v) is 1.34. The number of rotatable bonds is 4. The van der Waals surface area contributed by atoms with Crippen molar-refractivity contribution < 1.29 is 0 Å². The molecule has 0 saturated heterocycles. The van der Waals surface area contributed by atoms with Crippen molar-refractivity contribution >= 4 is 23.5 Å². The van der Waals surface area contributed by atoms with Crippen LogP contribution in [0.25, 0.3) is 0 Å². The highest BCUT2D eigenvalue weighted by atomic mass is 15.3. The summed E-state index contributed by atoms with van der Waals surface area (Å²) in [6.07, 6.45) is 3.68. The van der Waals surface area contributed by atoms with Gasteiger partial charge in [0.05, 0.1) is 5.69 Å². The Balaban J connectivity index is 2.34. The molecule has 0 unspecified atom stereocenters. The molecule has 96 valence electrons. The Labute approximate surface area is 106 Å². The van der Waals surface area contributed by atoms with Crippen LogP contribution in [0.5, 0.6) is 0 Å². The number of aromatic amines is 1. The molecule has 2 aromatic heterocycles. The second kappa shape index (κ2) is 4.91. The molecule has 7 nitrogen and oxygen atoms in total. The van der Waals surface area contributed by atoms with Gasteiger partial charge in [-0.15, -0.1) is 0 Å². The first-order chi connectivity index (χ1) is 8.56. The number of hydrogen-bond acceptors (Lipinski definition) is 6. The van der Waals surface area contributed by atoms with Gasteiger partial charge >= 0.3 is 0 Å². The van der Waals surface area contributed by atoms with Crippen LogP contribution in [0.2, 0.25) is 0 Å². The van der Waals surface area contributed by atoms with Gasteiger partial charge in [0.2, 0.25) is 17.8 Å². The summed E-state index contributed by atoms with van der Waals surface area (Å²) in [6.45, 7) is 0. The lowest BCUT2D eigenvalue weighted by Gasteiger charge is -2.16. The van der Waals surface area contributed by atoms with Crippen molar-refractivity contribution in [2.75, 3.05) is 43.3 Å². The highest BCUT2D eigenvalue weighted by Gasteiger charge is 2.09. The highest BCUT2D eigenvalue weighted by Crippen LogP contribution is 2.17. The van der Waals surface area contributed by atoms with Gasteiger partial charge in [0.15, 0.2) is 0 Å². The number of hydrogen-bond donors (Lipinski definition) is 2. The number of nitrogens with zero attached hydrogens (tertiary/aromatic N) is 5. The summed E-state index contributed by atoms with van der Waals surface area (Å²) in [6, 6.07) is 1.91. The minimum atomic E-state index is 0.525. The van der Waals surface area contributed by atoms with E-state index < -0.39 is 0 Å². The number of H-pyrrole nitrogens is 1. The van der Waals surface area contributed by atoms with Crippen LogP contribution in [0.1, 0.15) is 0 Å². The van der Waals surface area contributed by atoms with E-state index in [2.05, 4.69) is 25.3 Å². The van der Waals surface area contributed by atoms with Gasteiger partial charge in [-0.05, 0) is 6.07 Å². The van der Waals surface area contributed by atoms with Crippen molar-refractivity contribution in [2.45, 2.75) is 0 Å². The SMILES string of the molecule is CN(C)c1nc(Nc2cc[nH]c2)nc(N(C)C)n1. The van der Waals surface area contributed by atoms with Gasteiger partial charge in [0.1, 0.15) is 0 Å². The predicted octanol–water partition coefficient (Wildman–Crippen LogP) is 1.08. The van der Waals surface area contributed by atoms with E-state index in [1.54, 1.807) is 0 Å². The fraction of sp³-hybridized carbons (Fsp3) is 0.364. The molecule has 18 heavy (non-hydrogen) atoms. The number of nitrogens with one attached hydrogen (secondary N) is 2. The Hall–Kier alpha value is -2.31. The molecule has 0 aliphatic carbocycles. The maximum Gasteiger partial charge on any atom is 0.233 e. The van der Waals surface area contributed by atoms with Gasteiger partial charge in [-0.3, -0.25) is 0 Å². The second-order valence-corrected chi connectivity index (χ2v) is 4.27. The smallest absolute Gasteiger partial charge is 0.233 e. The zero-order chi connectivity index (χ0) is 13.1. The summed E-state index contributed by atoms with van der Waals surface area (Å²) in [5, 5.41) is 3.13. The first-order valence-corrected chi connectivity index (χ1v) is 5.57. The van der Waals surface area contributed by atoms with Crippen LogP contribution >= 0.6 is 0 Å². The summed E-state index contributed by atoms with van der Waals surface area (Å²) in [5.41, 5.74) is 0.913. The van der Waals surface area contributed by atoms with Crippen molar-refractivity contribution in [1.29, 1.82) is 0 Å². The van der Waals surface area contributed by atoms with Crippen molar-refractivity contribution in [2.24, 2.45) is 0 Å². The predicted molar refractivity (Wildman–Crippen MR) is 72.6 cm³/mol. The molecule has 2 rings (SSSR count). The zero-order valence-corrected chi connectivity index (χ0v) is 11.0. The third kappa shape index (κ3) is 2.68. The maximum absolute atomic E-state index is 4.34. The molecular weight excluding hydrogens is 230 g/mol. The normalized spacial score (nSPS) is 10.2. The maximum atomic E-state index is 4.34. The van der Waals surface area contributed by atoms with Crippen molar-refractivity contribution in [3.8, 4) is 0 Å². The molecule has 2 N–H and O–H groups in total. The molecule has 0 aliphatic rings. The van der Waals surface area contributed by atoms with Crippen LogP contribution in [0.15, 0.2) is 18.5 Å². The van der Waals surface area contributed by atoms with E-state index >= 15 is 0 Å². The molecule has 0 atom stereocenters. The molecule has 0 spiro atoms. The highest BCUT2D eigenvalue weighted by molar-refractivity contribution is 5.54. The average molecular weight is 247 g/mol. The number of aromatic nitrogens is 4. The molecule has 2 heterocycles. The van der Waals surface area contributed by atoms with E-state index in [1.165, 1.54) is 0 Å².